The molecule has 0 spiro atoms. The minimum Gasteiger partial charge on any atom is -0.0842 e. The van der Waals surface area contributed by atoms with E-state index in [0.717, 1.165) is 0 Å². The van der Waals surface area contributed by atoms with Gasteiger partial charge >= 0.3 is 0 Å². The molecule has 0 bridgehead atoms. The zero-order valence-electron chi connectivity index (χ0n) is 9.57. The van der Waals surface area contributed by atoms with Crippen LogP contribution in [0.15, 0.2) is 48.5 Å². The van der Waals surface area contributed by atoms with Gasteiger partial charge in [-0.1, -0.05) is 64.5 Å². The van der Waals surface area contributed by atoms with Gasteiger partial charge in [0.2, 0.25) is 0 Å². The van der Waals surface area contributed by atoms with Crippen LogP contribution in [0.5, 0.6) is 0 Å². The van der Waals surface area contributed by atoms with Gasteiger partial charge in [0.1, 0.15) is 0 Å². The van der Waals surface area contributed by atoms with Crippen molar-refractivity contribution in [2.75, 3.05) is 0 Å². The third-order valence-corrected chi connectivity index (χ3v) is 3.38. The first-order chi connectivity index (χ1) is 7.70. The number of benzene rings is 2. The molecule has 0 N–H and O–H groups in total. The van der Waals surface area contributed by atoms with Gasteiger partial charge < -0.3 is 0 Å². The van der Waals surface area contributed by atoms with Gasteiger partial charge in [0.25, 0.3) is 0 Å². The minimum atomic E-state index is 0.399. The summed E-state index contributed by atoms with van der Waals surface area (Å²) in [5, 5.41) is 0. The molecule has 1 heteroatoms. The predicted molar refractivity (Wildman–Crippen MR) is 74.0 cm³/mol. The average Bonchev–Trinajstić information content (AvgIpc) is 2.30. The number of rotatable bonds is 2. The highest BCUT2D eigenvalue weighted by Crippen LogP contribution is 2.31. The van der Waals surface area contributed by atoms with Crippen molar-refractivity contribution >= 4 is 15.9 Å². The molecule has 0 aliphatic heterocycles. The second kappa shape index (κ2) is 4.84. The van der Waals surface area contributed by atoms with Crippen LogP contribution in [0.3, 0.4) is 0 Å². The summed E-state index contributed by atoms with van der Waals surface area (Å²) in [4.78, 5) is 0.399. The molecule has 16 heavy (non-hydrogen) atoms. The van der Waals surface area contributed by atoms with Gasteiger partial charge in [-0.15, -0.1) is 0 Å². The van der Waals surface area contributed by atoms with Gasteiger partial charge in [-0.3, -0.25) is 0 Å². The monoisotopic (exact) mass is 274 g/mol. The normalized spacial score (nSPS) is 12.4. The van der Waals surface area contributed by atoms with E-state index in [1.165, 1.54) is 22.3 Å². The molecule has 2 aromatic rings. The quantitative estimate of drug-likeness (QED) is 0.667. The second-order valence-corrected chi connectivity index (χ2v) is 5.38. The Morgan fingerprint density at radius 2 is 1.62 bits per heavy atom. The highest BCUT2D eigenvalue weighted by atomic mass is 79.9. The van der Waals surface area contributed by atoms with Crippen LogP contribution in [0, 0.1) is 6.92 Å². The summed E-state index contributed by atoms with van der Waals surface area (Å²) in [6, 6.07) is 17.0. The van der Waals surface area contributed by atoms with E-state index in [0.29, 0.717) is 4.83 Å². The Labute approximate surface area is 105 Å². The van der Waals surface area contributed by atoms with E-state index in [9.17, 15) is 0 Å². The lowest BCUT2D eigenvalue weighted by atomic mass is 9.95. The summed E-state index contributed by atoms with van der Waals surface area (Å²) in [7, 11) is 0. The lowest BCUT2D eigenvalue weighted by Gasteiger charge is -2.13. The van der Waals surface area contributed by atoms with Crippen LogP contribution in [-0.2, 0) is 0 Å². The molecule has 2 rings (SSSR count). The zero-order chi connectivity index (χ0) is 11.5. The standard InChI is InChI=1S/C15H15Br/c1-11-14(12(2)16)9-6-10-15(11)13-7-4-3-5-8-13/h3-10,12H,1-2H3. The SMILES string of the molecule is Cc1c(-c2ccccc2)cccc1C(C)Br. The summed E-state index contributed by atoms with van der Waals surface area (Å²) >= 11 is 3.64. The number of alkyl halides is 1. The molecule has 2 aromatic carbocycles. The third-order valence-electron chi connectivity index (χ3n) is 2.89. The van der Waals surface area contributed by atoms with E-state index in [-0.39, 0.29) is 0 Å². The lowest BCUT2D eigenvalue weighted by Crippen LogP contribution is -1.92. The zero-order valence-corrected chi connectivity index (χ0v) is 11.2. The fourth-order valence-electron chi connectivity index (χ4n) is 2.01. The van der Waals surface area contributed by atoms with Gasteiger partial charge in [0.15, 0.2) is 0 Å². The van der Waals surface area contributed by atoms with Crippen molar-refractivity contribution in [2.45, 2.75) is 18.7 Å². The van der Waals surface area contributed by atoms with Crippen LogP contribution in [0.1, 0.15) is 22.9 Å². The van der Waals surface area contributed by atoms with Crippen molar-refractivity contribution in [1.29, 1.82) is 0 Å². The number of hydrogen-bond donors (Lipinski definition) is 0. The van der Waals surface area contributed by atoms with Gasteiger partial charge in [-0.05, 0) is 36.1 Å². The number of halogens is 1. The molecule has 82 valence electrons. The van der Waals surface area contributed by atoms with Crippen molar-refractivity contribution in [1.82, 2.24) is 0 Å². The first kappa shape index (κ1) is 11.4. The fraction of sp³-hybridized carbons (Fsp3) is 0.200. The van der Waals surface area contributed by atoms with E-state index in [4.69, 9.17) is 0 Å². The molecular weight excluding hydrogens is 260 g/mol. The smallest absolute Gasteiger partial charge is 0.0369 e. The predicted octanol–water partition coefficient (Wildman–Crippen LogP) is 5.12. The summed E-state index contributed by atoms with van der Waals surface area (Å²) in [5.74, 6) is 0. The molecule has 0 amide bonds. The van der Waals surface area contributed by atoms with E-state index < -0.39 is 0 Å². The van der Waals surface area contributed by atoms with Gasteiger partial charge in [0.05, 0.1) is 0 Å². The Kier molecular flexibility index (Phi) is 3.45. The topological polar surface area (TPSA) is 0 Å². The second-order valence-electron chi connectivity index (χ2n) is 4.00. The van der Waals surface area contributed by atoms with E-state index in [1.54, 1.807) is 0 Å². The van der Waals surface area contributed by atoms with E-state index in [2.05, 4.69) is 78.3 Å². The molecule has 0 heterocycles. The Balaban J connectivity index is 2.55. The summed E-state index contributed by atoms with van der Waals surface area (Å²) < 4.78 is 0. The van der Waals surface area contributed by atoms with Gasteiger partial charge in [-0.2, -0.15) is 0 Å². The van der Waals surface area contributed by atoms with Gasteiger partial charge in [-0.25, -0.2) is 0 Å². The summed E-state index contributed by atoms with van der Waals surface area (Å²) in [5.41, 5.74) is 5.33. The van der Waals surface area contributed by atoms with E-state index >= 15 is 0 Å². The molecule has 0 aliphatic rings. The van der Waals surface area contributed by atoms with Crippen LogP contribution in [-0.4, -0.2) is 0 Å². The Morgan fingerprint density at radius 3 is 2.25 bits per heavy atom. The van der Waals surface area contributed by atoms with Crippen molar-refractivity contribution in [3.63, 3.8) is 0 Å². The largest absolute Gasteiger partial charge is 0.0842 e. The first-order valence-electron chi connectivity index (χ1n) is 5.49. The van der Waals surface area contributed by atoms with Crippen LogP contribution >= 0.6 is 15.9 Å². The van der Waals surface area contributed by atoms with Crippen LogP contribution in [0.25, 0.3) is 11.1 Å². The van der Waals surface area contributed by atoms with Crippen LogP contribution in [0.4, 0.5) is 0 Å². The average molecular weight is 275 g/mol. The summed E-state index contributed by atoms with van der Waals surface area (Å²) in [6.45, 7) is 4.35. The molecule has 1 unspecified atom stereocenters. The van der Waals surface area contributed by atoms with Crippen LogP contribution in [0.2, 0.25) is 0 Å². The molecule has 0 aromatic heterocycles. The molecule has 0 aliphatic carbocycles. The fourth-order valence-corrected chi connectivity index (χ4v) is 2.51. The van der Waals surface area contributed by atoms with Gasteiger partial charge in [0, 0.05) is 4.83 Å². The highest BCUT2D eigenvalue weighted by Gasteiger charge is 2.08. The molecular formula is C15H15Br. The first-order valence-corrected chi connectivity index (χ1v) is 6.40. The Bertz CT molecular complexity index is 472. The molecule has 0 fully saturated rings. The molecule has 0 saturated carbocycles. The molecule has 0 radical (unpaired) electrons. The number of hydrogen-bond acceptors (Lipinski definition) is 0. The minimum absolute atomic E-state index is 0.399. The maximum atomic E-state index is 3.64. The van der Waals surface area contributed by atoms with Crippen molar-refractivity contribution < 1.29 is 0 Å². The van der Waals surface area contributed by atoms with Crippen molar-refractivity contribution in [3.05, 3.63) is 59.7 Å². The molecule has 0 nitrogen and oxygen atoms in total. The lowest BCUT2D eigenvalue weighted by molar-refractivity contribution is 1.10. The molecule has 0 saturated heterocycles. The maximum absolute atomic E-state index is 3.64. The summed E-state index contributed by atoms with van der Waals surface area (Å²) in [6.07, 6.45) is 0. The Hall–Kier alpha value is -1.08. The van der Waals surface area contributed by atoms with Crippen molar-refractivity contribution in [2.24, 2.45) is 0 Å². The van der Waals surface area contributed by atoms with Crippen LogP contribution < -0.4 is 0 Å². The third kappa shape index (κ3) is 2.19. The van der Waals surface area contributed by atoms with Crippen molar-refractivity contribution in [3.8, 4) is 11.1 Å². The Morgan fingerprint density at radius 1 is 0.938 bits per heavy atom. The maximum Gasteiger partial charge on any atom is 0.0369 e. The molecule has 1 atom stereocenters. The van der Waals surface area contributed by atoms with E-state index in [1.807, 2.05) is 0 Å². The highest BCUT2D eigenvalue weighted by molar-refractivity contribution is 9.09.